The molecule has 1 aromatic heterocycles. The first-order valence-electron chi connectivity index (χ1n) is 11.6. The average Bonchev–Trinajstić information content (AvgIpc) is 2.87. The summed E-state index contributed by atoms with van der Waals surface area (Å²) >= 11 is 5.92. The molecule has 0 saturated heterocycles. The standard InChI is InChI=1S/C26H20ClF4N5O4/c1-13(2)39-21-4-3-15(7-20(21)28)19-9-17(34-35-24(19)37)11-36-12-33-23(26(29,30)31)22(25(36)38)40-18-6-14(10-32)5-16(27)8-18/h3-9,13,33H,11-12H2,1-2H3,(H,35,37). The summed E-state index contributed by atoms with van der Waals surface area (Å²) in [7, 11) is 0. The van der Waals surface area contributed by atoms with Crippen LogP contribution in [0.5, 0.6) is 11.5 Å². The van der Waals surface area contributed by atoms with Crippen LogP contribution in [-0.2, 0) is 11.3 Å². The first-order valence-corrected chi connectivity index (χ1v) is 12.0. The highest BCUT2D eigenvalue weighted by atomic mass is 35.5. The van der Waals surface area contributed by atoms with Gasteiger partial charge in [0.05, 0.1) is 42.2 Å². The molecule has 1 aliphatic rings. The van der Waals surface area contributed by atoms with Crippen molar-refractivity contribution >= 4 is 17.5 Å². The van der Waals surface area contributed by atoms with Gasteiger partial charge in [-0.1, -0.05) is 17.7 Å². The number of nitrogens with one attached hydrogen (secondary N) is 2. The first kappa shape index (κ1) is 28.4. The highest BCUT2D eigenvalue weighted by molar-refractivity contribution is 6.30. The lowest BCUT2D eigenvalue weighted by atomic mass is 10.1. The Morgan fingerprint density at radius 2 is 1.93 bits per heavy atom. The molecule has 0 radical (unpaired) electrons. The molecule has 2 N–H and O–H groups in total. The number of ether oxygens (including phenoxy) is 2. The number of benzene rings is 2. The predicted octanol–water partition coefficient (Wildman–Crippen LogP) is 4.63. The van der Waals surface area contributed by atoms with Crippen LogP contribution in [0.4, 0.5) is 17.6 Å². The summed E-state index contributed by atoms with van der Waals surface area (Å²) in [5, 5.41) is 17.4. The molecular formula is C26H20ClF4N5O4. The molecule has 0 saturated carbocycles. The minimum atomic E-state index is -4.97. The van der Waals surface area contributed by atoms with Crippen LogP contribution in [0.15, 0.2) is 58.7 Å². The van der Waals surface area contributed by atoms with Crippen LogP contribution in [0.1, 0.15) is 25.1 Å². The van der Waals surface area contributed by atoms with Crippen molar-refractivity contribution in [3.63, 3.8) is 0 Å². The van der Waals surface area contributed by atoms with Crippen molar-refractivity contribution < 1.29 is 31.8 Å². The maximum absolute atomic E-state index is 14.5. The van der Waals surface area contributed by atoms with Gasteiger partial charge in [-0.2, -0.15) is 23.5 Å². The molecule has 2 aromatic carbocycles. The van der Waals surface area contributed by atoms with E-state index in [4.69, 9.17) is 26.3 Å². The molecule has 1 aliphatic heterocycles. The van der Waals surface area contributed by atoms with Gasteiger partial charge < -0.3 is 19.7 Å². The van der Waals surface area contributed by atoms with Crippen molar-refractivity contribution in [3.8, 4) is 28.7 Å². The number of aromatic amines is 1. The number of alkyl halides is 3. The Bertz CT molecular complexity index is 1600. The molecule has 0 aliphatic carbocycles. The van der Waals surface area contributed by atoms with Gasteiger partial charge in [0.1, 0.15) is 5.75 Å². The third kappa shape index (κ3) is 6.35. The highest BCUT2D eigenvalue weighted by Gasteiger charge is 2.44. The van der Waals surface area contributed by atoms with Gasteiger partial charge in [0.2, 0.25) is 5.76 Å². The summed E-state index contributed by atoms with van der Waals surface area (Å²) in [6.45, 7) is 2.55. The van der Waals surface area contributed by atoms with Gasteiger partial charge in [0.15, 0.2) is 17.3 Å². The minimum Gasteiger partial charge on any atom is -0.488 e. The van der Waals surface area contributed by atoms with Crippen LogP contribution >= 0.6 is 11.6 Å². The maximum atomic E-state index is 14.5. The molecule has 40 heavy (non-hydrogen) atoms. The Morgan fingerprint density at radius 3 is 2.58 bits per heavy atom. The number of allylic oxidation sites excluding steroid dienone is 1. The molecule has 9 nitrogen and oxygen atoms in total. The number of nitriles is 1. The summed E-state index contributed by atoms with van der Waals surface area (Å²) in [5.74, 6) is -3.17. The lowest BCUT2D eigenvalue weighted by molar-refractivity contribution is -0.137. The molecule has 0 bridgehead atoms. The second-order valence-corrected chi connectivity index (χ2v) is 9.28. The van der Waals surface area contributed by atoms with Crippen LogP contribution in [0.25, 0.3) is 11.1 Å². The Balaban J connectivity index is 1.63. The molecular weight excluding hydrogens is 558 g/mol. The molecule has 4 rings (SSSR count). The number of amides is 1. The van der Waals surface area contributed by atoms with Crippen molar-refractivity contribution in [2.24, 2.45) is 0 Å². The van der Waals surface area contributed by atoms with Crippen molar-refractivity contribution in [2.75, 3.05) is 6.67 Å². The van der Waals surface area contributed by atoms with E-state index in [-0.39, 0.29) is 51.6 Å². The lowest BCUT2D eigenvalue weighted by Crippen LogP contribution is -2.49. The number of nitrogens with zero attached hydrogens (tertiary/aromatic N) is 3. The number of aromatic nitrogens is 2. The SMILES string of the molecule is CC(C)Oc1ccc(-c2cc(CN3CNC(C(F)(F)F)=C(Oc4cc(Cl)cc(C#N)c4)C3=O)n[nH]c2=O)cc1F. The topological polar surface area (TPSA) is 120 Å². The van der Waals surface area contributed by atoms with E-state index < -0.39 is 41.6 Å². The van der Waals surface area contributed by atoms with E-state index in [2.05, 4.69) is 15.5 Å². The molecule has 14 heteroatoms. The number of H-pyrrole nitrogens is 1. The van der Waals surface area contributed by atoms with Gasteiger partial charge in [-0.05, 0) is 55.8 Å². The zero-order valence-electron chi connectivity index (χ0n) is 20.9. The van der Waals surface area contributed by atoms with E-state index in [0.29, 0.717) is 0 Å². The van der Waals surface area contributed by atoms with Crippen LogP contribution in [0, 0.1) is 17.1 Å². The zero-order valence-corrected chi connectivity index (χ0v) is 21.7. The van der Waals surface area contributed by atoms with Crippen molar-refractivity contribution in [2.45, 2.75) is 32.7 Å². The van der Waals surface area contributed by atoms with Crippen molar-refractivity contribution in [1.29, 1.82) is 5.26 Å². The van der Waals surface area contributed by atoms with Gasteiger partial charge in [-0.15, -0.1) is 0 Å². The lowest BCUT2D eigenvalue weighted by Gasteiger charge is -2.31. The zero-order chi connectivity index (χ0) is 29.2. The number of carbonyl (C=O) groups is 1. The van der Waals surface area contributed by atoms with Crippen LogP contribution in [-0.4, -0.2) is 40.0 Å². The third-order valence-corrected chi connectivity index (χ3v) is 5.69. The third-order valence-electron chi connectivity index (χ3n) is 5.47. The van der Waals surface area contributed by atoms with Crippen LogP contribution in [0.2, 0.25) is 5.02 Å². The van der Waals surface area contributed by atoms with Gasteiger partial charge in [-0.25, -0.2) is 9.49 Å². The van der Waals surface area contributed by atoms with E-state index in [1.54, 1.807) is 19.9 Å². The number of rotatable bonds is 7. The molecule has 208 valence electrons. The van der Waals surface area contributed by atoms with Crippen molar-refractivity contribution in [3.05, 3.63) is 86.4 Å². The Labute approximate surface area is 229 Å². The summed E-state index contributed by atoms with van der Waals surface area (Å²) in [6, 6.07) is 10.6. The van der Waals surface area contributed by atoms with Crippen LogP contribution in [0.3, 0.4) is 0 Å². The monoisotopic (exact) mass is 577 g/mol. The summed E-state index contributed by atoms with van der Waals surface area (Å²) in [6.07, 6.45) is -5.24. The number of halogens is 5. The van der Waals surface area contributed by atoms with Gasteiger partial charge in [-0.3, -0.25) is 9.59 Å². The van der Waals surface area contributed by atoms with E-state index in [0.717, 1.165) is 23.1 Å². The highest BCUT2D eigenvalue weighted by Crippen LogP contribution is 2.32. The molecule has 1 amide bonds. The average molecular weight is 578 g/mol. The summed E-state index contributed by atoms with van der Waals surface area (Å²) in [5.41, 5.74) is -1.75. The Morgan fingerprint density at radius 1 is 1.18 bits per heavy atom. The number of hydrogen-bond donors (Lipinski definition) is 2. The molecule has 0 spiro atoms. The van der Waals surface area contributed by atoms with Crippen LogP contribution < -0.4 is 20.3 Å². The molecule has 0 unspecified atom stereocenters. The Hall–Kier alpha value is -4.57. The normalized spacial score (nSPS) is 13.8. The fraction of sp³-hybridized carbons (Fsp3) is 0.231. The molecule has 0 fully saturated rings. The quantitative estimate of drug-likeness (QED) is 0.393. The maximum Gasteiger partial charge on any atom is 0.434 e. The molecule has 3 aromatic rings. The van der Waals surface area contributed by atoms with Gasteiger partial charge in [0, 0.05) is 5.02 Å². The van der Waals surface area contributed by atoms with E-state index in [9.17, 15) is 27.2 Å². The first-order chi connectivity index (χ1) is 18.8. The number of carbonyl (C=O) groups excluding carboxylic acids is 1. The molecule has 0 atom stereocenters. The van der Waals surface area contributed by atoms with Crippen molar-refractivity contribution in [1.82, 2.24) is 20.4 Å². The van der Waals surface area contributed by atoms with E-state index in [1.807, 2.05) is 0 Å². The Kier molecular flexibility index (Phi) is 8.01. The number of hydrogen-bond acceptors (Lipinski definition) is 7. The fourth-order valence-electron chi connectivity index (χ4n) is 3.79. The minimum absolute atomic E-state index is 0.00387. The second-order valence-electron chi connectivity index (χ2n) is 8.84. The van der Waals surface area contributed by atoms with E-state index in [1.165, 1.54) is 24.3 Å². The molecule has 2 heterocycles. The largest absolute Gasteiger partial charge is 0.488 e. The predicted molar refractivity (Wildman–Crippen MR) is 134 cm³/mol. The van der Waals surface area contributed by atoms with E-state index >= 15 is 0 Å². The summed E-state index contributed by atoms with van der Waals surface area (Å²) in [4.78, 5) is 26.6. The van der Waals surface area contributed by atoms with Gasteiger partial charge >= 0.3 is 6.18 Å². The van der Waals surface area contributed by atoms with Gasteiger partial charge in [0.25, 0.3) is 11.5 Å². The summed E-state index contributed by atoms with van der Waals surface area (Å²) < 4.78 is 66.4. The second kappa shape index (κ2) is 11.3. The smallest absolute Gasteiger partial charge is 0.434 e. The fourth-order valence-corrected chi connectivity index (χ4v) is 4.01.